The lowest BCUT2D eigenvalue weighted by molar-refractivity contribution is -0.136. The summed E-state index contributed by atoms with van der Waals surface area (Å²) in [5.74, 6) is -0.937. The van der Waals surface area contributed by atoms with Crippen molar-refractivity contribution in [2.45, 2.75) is 32.8 Å². The number of carbonyl (C=O) groups excluding carboxylic acids is 2. The van der Waals surface area contributed by atoms with Gasteiger partial charge < -0.3 is 20.5 Å². The topological polar surface area (TPSA) is 105 Å². The van der Waals surface area contributed by atoms with E-state index in [9.17, 15) is 14.4 Å². The fourth-order valence-electron chi connectivity index (χ4n) is 2.32. The smallest absolute Gasteiger partial charge is 0.305 e. The number of ether oxygens (including phenoxy) is 1. The molecule has 7 nitrogen and oxygen atoms in total. The number of carboxylic acids is 1. The molecule has 0 saturated carbocycles. The lowest BCUT2D eigenvalue weighted by atomic mass is 10.1. The van der Waals surface area contributed by atoms with Crippen LogP contribution in [0.1, 0.15) is 47.9 Å². The number of carboxylic acid groups (broad SMARTS) is 1. The van der Waals surface area contributed by atoms with Gasteiger partial charge in [-0.2, -0.15) is 0 Å². The Kier molecular flexibility index (Phi) is 6.76. The molecule has 0 atom stereocenters. The van der Waals surface area contributed by atoms with E-state index in [1.807, 2.05) is 20.8 Å². The van der Waals surface area contributed by atoms with Crippen molar-refractivity contribution in [2.24, 2.45) is 0 Å². The Morgan fingerprint density at radius 1 is 0.893 bits per heavy atom. The highest BCUT2D eigenvalue weighted by Crippen LogP contribution is 2.19. The second-order valence-electron chi connectivity index (χ2n) is 7.17. The van der Waals surface area contributed by atoms with Crippen molar-refractivity contribution in [3.05, 3.63) is 59.7 Å². The molecule has 0 aliphatic carbocycles. The number of rotatable bonds is 7. The predicted octanol–water partition coefficient (Wildman–Crippen LogP) is 3.32. The van der Waals surface area contributed by atoms with Crippen molar-refractivity contribution in [3.8, 4) is 5.75 Å². The van der Waals surface area contributed by atoms with Gasteiger partial charge in [-0.3, -0.25) is 14.4 Å². The fraction of sp³-hybridized carbons (Fsp3) is 0.286. The Bertz CT molecular complexity index is 837. The molecule has 0 radical (unpaired) electrons. The van der Waals surface area contributed by atoms with Crippen LogP contribution < -0.4 is 15.4 Å². The van der Waals surface area contributed by atoms with E-state index in [1.54, 1.807) is 48.5 Å². The second-order valence-corrected chi connectivity index (χ2v) is 7.17. The second kappa shape index (κ2) is 9.03. The van der Waals surface area contributed by atoms with Gasteiger partial charge in [0.15, 0.2) is 0 Å². The third-order valence-corrected chi connectivity index (χ3v) is 3.57. The van der Waals surface area contributed by atoms with Gasteiger partial charge in [0, 0.05) is 23.4 Å². The van der Waals surface area contributed by atoms with Crippen LogP contribution in [0, 0.1) is 0 Å². The molecule has 7 heteroatoms. The summed E-state index contributed by atoms with van der Waals surface area (Å²) in [5.41, 5.74) is 1.09. The summed E-state index contributed by atoms with van der Waals surface area (Å²) < 4.78 is 5.73. The molecule has 28 heavy (non-hydrogen) atoms. The maximum absolute atomic E-state index is 12.3. The monoisotopic (exact) mass is 384 g/mol. The van der Waals surface area contributed by atoms with E-state index >= 15 is 0 Å². The third kappa shape index (κ3) is 6.75. The van der Waals surface area contributed by atoms with Crippen LogP contribution >= 0.6 is 0 Å². The summed E-state index contributed by atoms with van der Waals surface area (Å²) in [7, 11) is 0. The van der Waals surface area contributed by atoms with E-state index in [1.165, 1.54) is 0 Å². The van der Waals surface area contributed by atoms with E-state index in [0.29, 0.717) is 22.6 Å². The normalized spacial score (nSPS) is 10.8. The highest BCUT2D eigenvalue weighted by molar-refractivity contribution is 6.04. The van der Waals surface area contributed by atoms with Crippen LogP contribution in [-0.2, 0) is 4.79 Å². The zero-order chi connectivity index (χ0) is 20.7. The van der Waals surface area contributed by atoms with Gasteiger partial charge in [0.2, 0.25) is 0 Å². The first-order chi connectivity index (χ1) is 13.1. The predicted molar refractivity (Wildman–Crippen MR) is 106 cm³/mol. The van der Waals surface area contributed by atoms with Gasteiger partial charge in [-0.1, -0.05) is 0 Å². The number of hydrogen-bond acceptors (Lipinski definition) is 4. The number of hydrogen-bond donors (Lipinski definition) is 3. The van der Waals surface area contributed by atoms with Gasteiger partial charge in [0.1, 0.15) is 11.4 Å². The first kappa shape index (κ1) is 21.0. The third-order valence-electron chi connectivity index (χ3n) is 3.57. The van der Waals surface area contributed by atoms with Crippen molar-refractivity contribution in [3.63, 3.8) is 0 Å². The number of aliphatic carboxylic acids is 1. The molecule has 0 aliphatic rings. The molecule has 2 aromatic carbocycles. The molecular weight excluding hydrogens is 360 g/mol. The lowest BCUT2D eigenvalue weighted by Gasteiger charge is -2.21. The Balaban J connectivity index is 1.93. The van der Waals surface area contributed by atoms with Crippen molar-refractivity contribution < 1.29 is 24.2 Å². The molecular formula is C21H24N2O5. The SMILES string of the molecule is CC(C)(C)Oc1ccc(C(=O)Nc2ccc(C(=O)NCCC(=O)O)cc2)cc1. The molecule has 0 heterocycles. The zero-order valence-electron chi connectivity index (χ0n) is 16.1. The summed E-state index contributed by atoms with van der Waals surface area (Å²) in [4.78, 5) is 34.7. The Hall–Kier alpha value is -3.35. The quantitative estimate of drug-likeness (QED) is 0.679. The van der Waals surface area contributed by atoms with E-state index in [2.05, 4.69) is 10.6 Å². The molecule has 2 rings (SSSR count). The van der Waals surface area contributed by atoms with Crippen LogP contribution in [0.25, 0.3) is 0 Å². The number of carbonyl (C=O) groups is 3. The molecule has 3 N–H and O–H groups in total. The lowest BCUT2D eigenvalue weighted by Crippen LogP contribution is -2.25. The first-order valence-corrected chi connectivity index (χ1v) is 8.84. The minimum Gasteiger partial charge on any atom is -0.488 e. The molecule has 0 aromatic heterocycles. The molecule has 0 saturated heterocycles. The summed E-state index contributed by atoms with van der Waals surface area (Å²) >= 11 is 0. The molecule has 0 unspecified atom stereocenters. The largest absolute Gasteiger partial charge is 0.488 e. The number of amides is 2. The number of nitrogens with one attached hydrogen (secondary N) is 2. The summed E-state index contributed by atoms with van der Waals surface area (Å²) in [6.07, 6.45) is -0.139. The van der Waals surface area contributed by atoms with Gasteiger partial charge in [0.25, 0.3) is 11.8 Å². The van der Waals surface area contributed by atoms with Crippen LogP contribution in [0.4, 0.5) is 5.69 Å². The highest BCUT2D eigenvalue weighted by atomic mass is 16.5. The van der Waals surface area contributed by atoms with Crippen molar-refractivity contribution in [1.82, 2.24) is 5.32 Å². The van der Waals surface area contributed by atoms with E-state index in [0.717, 1.165) is 0 Å². The molecule has 2 amide bonds. The molecule has 2 aromatic rings. The van der Waals surface area contributed by atoms with Crippen LogP contribution in [0.5, 0.6) is 5.75 Å². The van der Waals surface area contributed by atoms with Gasteiger partial charge in [-0.15, -0.1) is 0 Å². The standard InChI is InChI=1S/C21H24N2O5/c1-21(2,3)28-17-10-6-15(7-11-17)20(27)23-16-8-4-14(5-9-16)19(26)22-13-12-18(24)25/h4-11H,12-13H2,1-3H3,(H,22,26)(H,23,27)(H,24,25). The Morgan fingerprint density at radius 3 is 1.96 bits per heavy atom. The molecule has 0 bridgehead atoms. The number of benzene rings is 2. The number of anilines is 1. The van der Waals surface area contributed by atoms with Crippen LogP contribution in [0.2, 0.25) is 0 Å². The van der Waals surface area contributed by atoms with E-state index in [4.69, 9.17) is 9.84 Å². The van der Waals surface area contributed by atoms with Gasteiger partial charge in [0.05, 0.1) is 6.42 Å². The fourth-order valence-corrected chi connectivity index (χ4v) is 2.32. The molecule has 0 aliphatic heterocycles. The van der Waals surface area contributed by atoms with Gasteiger partial charge >= 0.3 is 5.97 Å². The minimum atomic E-state index is -0.976. The van der Waals surface area contributed by atoms with Gasteiger partial charge in [-0.05, 0) is 69.3 Å². The molecule has 0 spiro atoms. The maximum Gasteiger partial charge on any atom is 0.305 e. The van der Waals surface area contributed by atoms with E-state index in [-0.39, 0.29) is 30.4 Å². The first-order valence-electron chi connectivity index (χ1n) is 8.84. The van der Waals surface area contributed by atoms with Crippen LogP contribution in [-0.4, -0.2) is 35.0 Å². The van der Waals surface area contributed by atoms with Crippen molar-refractivity contribution in [1.29, 1.82) is 0 Å². The average Bonchev–Trinajstić information content (AvgIpc) is 2.61. The van der Waals surface area contributed by atoms with Gasteiger partial charge in [-0.25, -0.2) is 0 Å². The van der Waals surface area contributed by atoms with Crippen LogP contribution in [0.15, 0.2) is 48.5 Å². The summed E-state index contributed by atoms with van der Waals surface area (Å²) in [6.45, 7) is 5.90. The molecule has 148 valence electrons. The van der Waals surface area contributed by atoms with Crippen molar-refractivity contribution in [2.75, 3.05) is 11.9 Å². The molecule has 0 fully saturated rings. The zero-order valence-corrected chi connectivity index (χ0v) is 16.1. The Labute approximate surface area is 163 Å². The van der Waals surface area contributed by atoms with E-state index < -0.39 is 5.97 Å². The summed E-state index contributed by atoms with van der Waals surface area (Å²) in [6, 6.07) is 13.2. The summed E-state index contributed by atoms with van der Waals surface area (Å²) in [5, 5.41) is 13.9. The minimum absolute atomic E-state index is 0.0571. The highest BCUT2D eigenvalue weighted by Gasteiger charge is 2.13. The maximum atomic E-state index is 12.3. The average molecular weight is 384 g/mol. The Morgan fingerprint density at radius 2 is 1.43 bits per heavy atom. The van der Waals surface area contributed by atoms with Crippen molar-refractivity contribution >= 4 is 23.5 Å². The van der Waals surface area contributed by atoms with Crippen LogP contribution in [0.3, 0.4) is 0 Å².